The Morgan fingerprint density at radius 2 is 1.07 bits per heavy atom. The van der Waals surface area contributed by atoms with Crippen LogP contribution in [-0.2, 0) is 21.7 Å². The fourth-order valence-corrected chi connectivity index (χ4v) is 15.8. The first-order valence-electron chi connectivity index (χ1n) is 27.6. The predicted molar refractivity (Wildman–Crippen MR) is 309 cm³/mol. The van der Waals surface area contributed by atoms with Crippen molar-refractivity contribution in [3.63, 3.8) is 0 Å². The second-order valence-corrected chi connectivity index (χ2v) is 26.1. The van der Waals surface area contributed by atoms with Gasteiger partial charge in [-0.25, -0.2) is 0 Å². The number of anilines is 7. The van der Waals surface area contributed by atoms with E-state index in [1.165, 1.54) is 139 Å². The van der Waals surface area contributed by atoms with Crippen molar-refractivity contribution in [1.82, 2.24) is 0 Å². The van der Waals surface area contributed by atoms with Crippen molar-refractivity contribution in [3.05, 3.63) is 167 Å². The van der Waals surface area contributed by atoms with Crippen molar-refractivity contribution in [2.75, 3.05) is 14.7 Å². The molecule has 0 radical (unpaired) electrons. The Morgan fingerprint density at radius 3 is 1.75 bits per heavy atom. The summed E-state index contributed by atoms with van der Waals surface area (Å²) in [5, 5.41) is 0. The predicted octanol–water partition coefficient (Wildman–Crippen LogP) is 16.3. The van der Waals surface area contributed by atoms with E-state index in [0.29, 0.717) is 0 Å². The highest BCUT2D eigenvalue weighted by Crippen LogP contribution is 2.65. The molecule has 7 aromatic carbocycles. The minimum atomic E-state index is -0.126. The van der Waals surface area contributed by atoms with Gasteiger partial charge in [0.25, 0.3) is 6.71 Å². The lowest BCUT2D eigenvalue weighted by Crippen LogP contribution is -2.64. The highest BCUT2D eigenvalue weighted by molar-refractivity contribution is 7.00. The third-order valence-electron chi connectivity index (χ3n) is 20.0. The van der Waals surface area contributed by atoms with Gasteiger partial charge in [0.2, 0.25) is 0 Å². The van der Waals surface area contributed by atoms with Crippen LogP contribution < -0.4 is 31.1 Å². The number of hydrogen-bond donors (Lipinski definition) is 0. The number of nitrogens with zero attached hydrogens (tertiary/aromatic N) is 3. The van der Waals surface area contributed by atoms with Gasteiger partial charge in [-0.15, -0.1) is 0 Å². The molecule has 13 rings (SSSR count). The first kappa shape index (κ1) is 45.8. The Labute approximate surface area is 431 Å². The van der Waals surface area contributed by atoms with Gasteiger partial charge in [0.1, 0.15) is 0 Å². The van der Waals surface area contributed by atoms with Crippen molar-refractivity contribution >= 4 is 62.9 Å². The van der Waals surface area contributed by atoms with E-state index in [1.807, 2.05) is 0 Å². The van der Waals surface area contributed by atoms with Gasteiger partial charge >= 0.3 is 0 Å². The van der Waals surface area contributed by atoms with E-state index in [4.69, 9.17) is 0 Å². The molecule has 364 valence electrons. The van der Waals surface area contributed by atoms with E-state index < -0.39 is 0 Å². The molecule has 6 aliphatic rings. The molecule has 4 atom stereocenters. The maximum atomic E-state index is 2.96. The number of aryl methyl sites for hydroxylation is 2. The first-order chi connectivity index (χ1) is 34.3. The minimum Gasteiger partial charge on any atom is -0.335 e. The molecule has 0 saturated heterocycles. The van der Waals surface area contributed by atoms with Crippen LogP contribution in [0.5, 0.6) is 0 Å². The summed E-state index contributed by atoms with van der Waals surface area (Å²) in [6, 6.07) is 53.2. The summed E-state index contributed by atoms with van der Waals surface area (Å²) in [6.45, 7) is 29.5. The van der Waals surface area contributed by atoms with Crippen LogP contribution in [0.2, 0.25) is 0 Å². The molecular weight excluding hydrogens is 870 g/mol. The second-order valence-electron chi connectivity index (χ2n) is 26.1. The zero-order valence-electron chi connectivity index (χ0n) is 45.3. The third-order valence-corrected chi connectivity index (χ3v) is 20.0. The van der Waals surface area contributed by atoms with E-state index in [-0.39, 0.29) is 39.5 Å². The van der Waals surface area contributed by atoms with Crippen LogP contribution >= 0.6 is 0 Å². The van der Waals surface area contributed by atoms with Gasteiger partial charge in [-0.05, 0) is 173 Å². The number of fused-ring (bicyclic) bond motifs is 10. The van der Waals surface area contributed by atoms with E-state index in [9.17, 15) is 0 Å². The largest absolute Gasteiger partial charge is 0.335 e. The van der Waals surface area contributed by atoms with Crippen molar-refractivity contribution < 1.29 is 0 Å². The van der Waals surface area contributed by atoms with Crippen LogP contribution in [0.4, 0.5) is 39.8 Å². The number of hydrogen-bond acceptors (Lipinski definition) is 3. The van der Waals surface area contributed by atoms with E-state index >= 15 is 0 Å². The molecule has 0 N–H and O–H groups in total. The molecule has 2 aliphatic carbocycles. The summed E-state index contributed by atoms with van der Waals surface area (Å²) >= 11 is 0. The van der Waals surface area contributed by atoms with Crippen LogP contribution in [0.3, 0.4) is 0 Å². The van der Waals surface area contributed by atoms with Crippen LogP contribution in [0, 0.1) is 13.8 Å². The van der Waals surface area contributed by atoms with Crippen molar-refractivity contribution in [1.29, 1.82) is 0 Å². The molecule has 3 nitrogen and oxygen atoms in total. The smallest absolute Gasteiger partial charge is 0.252 e. The van der Waals surface area contributed by atoms with Crippen LogP contribution in [0.25, 0.3) is 22.3 Å². The molecule has 2 saturated carbocycles. The molecule has 4 unspecified atom stereocenters. The molecular formula is C68H74BN3. The van der Waals surface area contributed by atoms with Crippen LogP contribution in [0.15, 0.2) is 133 Å². The van der Waals surface area contributed by atoms with Gasteiger partial charge in [-0.3, -0.25) is 0 Å². The molecule has 7 aromatic rings. The summed E-state index contributed by atoms with van der Waals surface area (Å²) in [5.74, 6) is 0. The average Bonchev–Trinajstić information content (AvgIpc) is 3.70. The summed E-state index contributed by atoms with van der Waals surface area (Å²) in [7, 11) is 0. The van der Waals surface area contributed by atoms with Crippen molar-refractivity contribution in [3.8, 4) is 22.3 Å². The Balaban J connectivity index is 1.20. The van der Waals surface area contributed by atoms with Crippen LogP contribution in [-0.4, -0.2) is 17.8 Å². The zero-order valence-corrected chi connectivity index (χ0v) is 45.3. The minimum absolute atomic E-state index is 0.0143. The normalized spacial score (nSPS) is 24.6. The van der Waals surface area contributed by atoms with Crippen molar-refractivity contribution in [2.24, 2.45) is 0 Å². The van der Waals surface area contributed by atoms with Gasteiger partial charge in [0.05, 0.1) is 16.8 Å². The SMILES string of the molecule is Cc1cc(C)c2c(c1)N(c1cc3c4c(c1)N1c5c(cc(-c6ccccc6)cc5C5(C)CCCCC15C)B4c1ccc(C(C)(C)C)cc1N3c1ccc(C(C)(C)C)cc1-c1ccccc1)C1(C)CCCCC21C. The lowest BCUT2D eigenvalue weighted by atomic mass is 9.33. The Morgan fingerprint density at radius 1 is 0.472 bits per heavy atom. The second kappa shape index (κ2) is 15.3. The van der Waals surface area contributed by atoms with Gasteiger partial charge in [0, 0.05) is 50.5 Å². The maximum absolute atomic E-state index is 2.96. The summed E-state index contributed by atoms with van der Waals surface area (Å²) in [6.07, 6.45) is 9.71. The first-order valence-corrected chi connectivity index (χ1v) is 27.6. The van der Waals surface area contributed by atoms with Crippen LogP contribution in [0.1, 0.15) is 154 Å². The van der Waals surface area contributed by atoms with Crippen molar-refractivity contribution in [2.45, 2.75) is 167 Å². The summed E-state index contributed by atoms with van der Waals surface area (Å²) < 4.78 is 0. The van der Waals surface area contributed by atoms with Gasteiger partial charge < -0.3 is 14.7 Å². The number of rotatable bonds is 4. The van der Waals surface area contributed by atoms with E-state index in [2.05, 4.69) is 231 Å². The zero-order chi connectivity index (χ0) is 50.1. The standard InChI is InChI=1S/C68H74BN3/c1-43-35-44(2)60-57(36-43)71(68(12)34-22-20-32-66(60,68)10)50-41-58-61-59(42-50)72-62-52(65(9)31-19-21-33-67(65,72)11)37-47(45-23-15-13-16-24-45)38-54(62)69(61)53-29-27-49(64(6,7)8)40-56(53)70(58)55-30-28-48(63(3,4)5)39-51(55)46-25-17-14-18-26-46/h13-18,23-30,35-42H,19-22,31-34H2,1-12H3. The Bertz CT molecular complexity index is 3390. The quantitative estimate of drug-likeness (QED) is 0.163. The fraction of sp³-hybridized carbons (Fsp3) is 0.382. The average molecular weight is 944 g/mol. The molecule has 0 spiro atoms. The Hall–Kier alpha value is -6.00. The maximum Gasteiger partial charge on any atom is 0.252 e. The summed E-state index contributed by atoms with van der Waals surface area (Å²) in [4.78, 5) is 8.60. The van der Waals surface area contributed by atoms with Gasteiger partial charge in [0.15, 0.2) is 0 Å². The van der Waals surface area contributed by atoms with Gasteiger partial charge in [-0.1, -0.05) is 172 Å². The fourth-order valence-electron chi connectivity index (χ4n) is 15.8. The molecule has 2 fully saturated rings. The molecule has 0 amide bonds. The Kier molecular flexibility index (Phi) is 9.73. The molecule has 4 aliphatic heterocycles. The highest BCUT2D eigenvalue weighted by atomic mass is 15.3. The molecule has 4 heteroatoms. The van der Waals surface area contributed by atoms with Gasteiger partial charge in [-0.2, -0.15) is 0 Å². The highest BCUT2D eigenvalue weighted by Gasteiger charge is 2.63. The molecule has 0 aromatic heterocycles. The lowest BCUT2D eigenvalue weighted by molar-refractivity contribution is 0.193. The van der Waals surface area contributed by atoms with E-state index in [0.717, 1.165) is 12.8 Å². The lowest BCUT2D eigenvalue weighted by Gasteiger charge is -2.54. The third kappa shape index (κ3) is 6.10. The number of benzene rings is 7. The topological polar surface area (TPSA) is 9.72 Å². The molecule has 0 bridgehead atoms. The monoisotopic (exact) mass is 944 g/mol. The molecule has 72 heavy (non-hydrogen) atoms. The summed E-state index contributed by atoms with van der Waals surface area (Å²) in [5.41, 5.74) is 27.2. The van der Waals surface area contributed by atoms with E-state index in [1.54, 1.807) is 11.1 Å². The molecule has 4 heterocycles.